The normalized spacial score (nSPS) is 9.56. The molecule has 0 aliphatic heterocycles. The molecule has 6 aromatic carbocycles. The van der Waals surface area contributed by atoms with Crippen LogP contribution >= 0.6 is 0 Å². The first-order valence-corrected chi connectivity index (χ1v) is 15.9. The van der Waals surface area contributed by atoms with Crippen LogP contribution in [0.15, 0.2) is 182 Å². The lowest BCUT2D eigenvalue weighted by Gasteiger charge is -2.02. The van der Waals surface area contributed by atoms with Crippen molar-refractivity contribution in [2.75, 3.05) is 0 Å². The maximum atomic E-state index is 11.5. The van der Waals surface area contributed by atoms with E-state index in [0.29, 0.717) is 33.4 Å². The lowest BCUT2D eigenvalue weighted by molar-refractivity contribution is -0.187. The van der Waals surface area contributed by atoms with Gasteiger partial charge in [-0.2, -0.15) is 0 Å². The molecule has 0 fully saturated rings. The molecule has 0 heterocycles. The molecule has 270 valence electrons. The highest BCUT2D eigenvalue weighted by Gasteiger charge is 2.15. The van der Waals surface area contributed by atoms with Gasteiger partial charge in [0.05, 0.1) is 33.4 Å². The van der Waals surface area contributed by atoms with Gasteiger partial charge in [0.25, 0.3) is 0 Å². The van der Waals surface area contributed by atoms with Gasteiger partial charge in [-0.3, -0.25) is 0 Å². The van der Waals surface area contributed by atoms with Crippen LogP contribution in [0.1, 0.15) is 62.1 Å². The van der Waals surface area contributed by atoms with Gasteiger partial charge in [0.15, 0.2) is 0 Å². The SMILES string of the molecule is O=C(OOC(=O)c1ccccc1)c1ccccc1.O=C(OOC(=O)c1ccccc1)c1ccccc1.O=C(OOC(=O)c1ccccc1)c1ccccc1. The van der Waals surface area contributed by atoms with E-state index in [-0.39, 0.29) is 0 Å². The minimum atomic E-state index is -0.708. The topological polar surface area (TPSA) is 158 Å². The molecule has 0 radical (unpaired) electrons. The highest BCUT2D eigenvalue weighted by atomic mass is 17.2. The van der Waals surface area contributed by atoms with E-state index >= 15 is 0 Å². The third-order valence-corrected chi connectivity index (χ3v) is 6.64. The fourth-order valence-electron chi connectivity index (χ4n) is 3.96. The Hall–Kier alpha value is -7.86. The first-order chi connectivity index (χ1) is 26.3. The molecule has 6 aromatic rings. The summed E-state index contributed by atoms with van der Waals surface area (Å²) in [5, 5.41) is 0. The monoisotopic (exact) mass is 726 g/mol. The minimum absolute atomic E-state index is 0.318. The summed E-state index contributed by atoms with van der Waals surface area (Å²) in [7, 11) is 0. The molecule has 0 aromatic heterocycles. The summed E-state index contributed by atoms with van der Waals surface area (Å²) in [5.41, 5.74) is 1.91. The molecule has 0 amide bonds. The van der Waals surface area contributed by atoms with E-state index < -0.39 is 35.8 Å². The highest BCUT2D eigenvalue weighted by molar-refractivity contribution is 5.93. The second kappa shape index (κ2) is 21.4. The fourth-order valence-corrected chi connectivity index (χ4v) is 3.96. The predicted molar refractivity (Wildman–Crippen MR) is 191 cm³/mol. The number of carbonyl (C=O) groups excluding carboxylic acids is 6. The number of hydrogen-bond acceptors (Lipinski definition) is 12. The zero-order valence-electron chi connectivity index (χ0n) is 28.2. The van der Waals surface area contributed by atoms with Crippen LogP contribution in [-0.4, -0.2) is 35.8 Å². The maximum Gasteiger partial charge on any atom is 0.386 e. The predicted octanol–water partition coefficient (Wildman–Crippen LogP) is 7.85. The van der Waals surface area contributed by atoms with Crippen molar-refractivity contribution >= 4 is 35.8 Å². The van der Waals surface area contributed by atoms with E-state index in [2.05, 4.69) is 29.3 Å². The number of benzene rings is 6. The molecule has 54 heavy (non-hydrogen) atoms. The van der Waals surface area contributed by atoms with E-state index in [1.165, 1.54) is 0 Å². The quantitative estimate of drug-likeness (QED) is 0.121. The smallest absolute Gasteiger partial charge is 0.242 e. The van der Waals surface area contributed by atoms with Crippen molar-refractivity contribution in [2.45, 2.75) is 0 Å². The summed E-state index contributed by atoms with van der Waals surface area (Å²) >= 11 is 0. The van der Waals surface area contributed by atoms with Crippen molar-refractivity contribution in [1.29, 1.82) is 0 Å². The molecule has 0 atom stereocenters. The van der Waals surface area contributed by atoms with Gasteiger partial charge >= 0.3 is 35.8 Å². The molecule has 12 heteroatoms. The molecule has 0 saturated carbocycles. The lowest BCUT2D eigenvalue weighted by atomic mass is 10.2. The largest absolute Gasteiger partial charge is 0.386 e. The molecule has 0 saturated heterocycles. The van der Waals surface area contributed by atoms with Crippen molar-refractivity contribution in [3.63, 3.8) is 0 Å². The standard InChI is InChI=1S/3C14H10O4/c3*15-13(11-7-3-1-4-8-11)17-18-14(16)12-9-5-2-6-10-12/h3*1-10H. The number of rotatable bonds is 6. The molecular weight excluding hydrogens is 696 g/mol. The fraction of sp³-hybridized carbons (Fsp3) is 0. The molecule has 0 aliphatic rings. The second-order valence-electron chi connectivity index (χ2n) is 10.4. The summed E-state index contributed by atoms with van der Waals surface area (Å²) in [5.74, 6) is -4.25. The molecule has 0 bridgehead atoms. The van der Waals surface area contributed by atoms with Gasteiger partial charge in [-0.25, -0.2) is 58.1 Å². The Morgan fingerprint density at radius 1 is 0.204 bits per heavy atom. The van der Waals surface area contributed by atoms with Crippen LogP contribution in [-0.2, 0) is 29.3 Å². The van der Waals surface area contributed by atoms with Crippen molar-refractivity contribution in [3.05, 3.63) is 215 Å². The van der Waals surface area contributed by atoms with Crippen molar-refractivity contribution < 1.29 is 58.1 Å². The minimum Gasteiger partial charge on any atom is -0.242 e. The lowest BCUT2D eigenvalue weighted by Crippen LogP contribution is -2.11. The Bertz CT molecular complexity index is 1690. The first-order valence-electron chi connectivity index (χ1n) is 15.9. The van der Waals surface area contributed by atoms with Crippen LogP contribution in [0, 0.1) is 0 Å². The summed E-state index contributed by atoms with van der Waals surface area (Å²) in [6.07, 6.45) is 0. The van der Waals surface area contributed by atoms with Crippen LogP contribution < -0.4 is 0 Å². The van der Waals surface area contributed by atoms with Crippen molar-refractivity contribution in [1.82, 2.24) is 0 Å². The van der Waals surface area contributed by atoms with Gasteiger partial charge in [0.1, 0.15) is 0 Å². The molecule has 0 N–H and O–H groups in total. The van der Waals surface area contributed by atoms with E-state index in [4.69, 9.17) is 0 Å². The average Bonchev–Trinajstić information content (AvgIpc) is 3.25. The Labute approximate surface area is 308 Å². The van der Waals surface area contributed by atoms with Crippen LogP contribution in [0.2, 0.25) is 0 Å². The summed E-state index contributed by atoms with van der Waals surface area (Å²) < 4.78 is 0. The molecule has 0 spiro atoms. The molecule has 12 nitrogen and oxygen atoms in total. The van der Waals surface area contributed by atoms with E-state index in [0.717, 1.165) is 0 Å². The third-order valence-electron chi connectivity index (χ3n) is 6.64. The zero-order valence-corrected chi connectivity index (χ0v) is 28.2. The highest BCUT2D eigenvalue weighted by Crippen LogP contribution is 2.08. The van der Waals surface area contributed by atoms with Crippen LogP contribution in [0.3, 0.4) is 0 Å². The van der Waals surface area contributed by atoms with Crippen LogP contribution in [0.5, 0.6) is 0 Å². The van der Waals surface area contributed by atoms with Gasteiger partial charge in [0.2, 0.25) is 0 Å². The molecule has 0 unspecified atom stereocenters. The molecule has 6 rings (SSSR count). The first kappa shape index (κ1) is 38.9. The van der Waals surface area contributed by atoms with Gasteiger partial charge in [-0.05, 0) is 72.8 Å². The zero-order chi connectivity index (χ0) is 38.4. The molecule has 0 aliphatic carbocycles. The van der Waals surface area contributed by atoms with Crippen molar-refractivity contribution in [3.8, 4) is 0 Å². The summed E-state index contributed by atoms with van der Waals surface area (Å²) in [6, 6.07) is 49.7. The Kier molecular flexibility index (Phi) is 15.4. The van der Waals surface area contributed by atoms with E-state index in [9.17, 15) is 28.8 Å². The maximum absolute atomic E-state index is 11.5. The summed E-state index contributed by atoms with van der Waals surface area (Å²) in [4.78, 5) is 95.6. The van der Waals surface area contributed by atoms with Crippen molar-refractivity contribution in [2.24, 2.45) is 0 Å². The second-order valence-corrected chi connectivity index (χ2v) is 10.4. The Morgan fingerprint density at radius 3 is 0.426 bits per heavy atom. The van der Waals surface area contributed by atoms with Gasteiger partial charge in [0, 0.05) is 0 Å². The average molecular weight is 727 g/mol. The van der Waals surface area contributed by atoms with Gasteiger partial charge < -0.3 is 0 Å². The summed E-state index contributed by atoms with van der Waals surface area (Å²) in [6.45, 7) is 0. The van der Waals surface area contributed by atoms with Gasteiger partial charge in [-0.1, -0.05) is 109 Å². The molecular formula is C42H30O12. The van der Waals surface area contributed by atoms with Gasteiger partial charge in [-0.15, -0.1) is 0 Å². The van der Waals surface area contributed by atoms with E-state index in [1.54, 1.807) is 182 Å². The Balaban J connectivity index is 0.000000180. The Morgan fingerprint density at radius 2 is 0.315 bits per heavy atom. The third kappa shape index (κ3) is 13.1. The van der Waals surface area contributed by atoms with Crippen LogP contribution in [0.4, 0.5) is 0 Å². The number of hydrogen-bond donors (Lipinski definition) is 0. The van der Waals surface area contributed by atoms with Crippen LogP contribution in [0.25, 0.3) is 0 Å². The van der Waals surface area contributed by atoms with E-state index in [1.807, 2.05) is 0 Å². The number of carbonyl (C=O) groups is 6.